The summed E-state index contributed by atoms with van der Waals surface area (Å²) in [4.78, 5) is 10.9. The summed E-state index contributed by atoms with van der Waals surface area (Å²) in [6, 6.07) is 6.65. The molecule has 1 rings (SSSR count). The summed E-state index contributed by atoms with van der Waals surface area (Å²) in [6.07, 6.45) is 0.278. The molecule has 0 aliphatic heterocycles. The summed E-state index contributed by atoms with van der Waals surface area (Å²) in [5.41, 5.74) is 6.48. The number of hydrogen-bond donors (Lipinski definition) is 2. The first-order chi connectivity index (χ1) is 9.04. The van der Waals surface area contributed by atoms with E-state index < -0.39 is 20.3 Å². The molecule has 0 saturated carbocycles. The second-order valence-electron chi connectivity index (χ2n) is 6.62. The summed E-state index contributed by atoms with van der Waals surface area (Å²) in [5.74, 6) is -0.233. The number of rotatable bonds is 5. The molecule has 0 aliphatic rings. The fraction of sp³-hybridized carbons (Fsp3) is 0.533. The molecule has 0 aliphatic carbocycles. The standard InChI is InChI=1S/C15H25NO3Si/c1-15(2,3)20(4,5)19-13-9-7-6-8-11(13)10-12(16)14(17)18/h6-9,12H,10,16H2,1-5H3,(H,17,18). The Balaban J connectivity index is 3.00. The molecular formula is C15H25NO3Si. The molecular weight excluding hydrogens is 270 g/mol. The van der Waals surface area contributed by atoms with Crippen molar-refractivity contribution in [2.24, 2.45) is 5.73 Å². The molecule has 3 N–H and O–H groups in total. The van der Waals surface area contributed by atoms with E-state index in [9.17, 15) is 4.79 Å². The van der Waals surface area contributed by atoms with Crippen molar-refractivity contribution in [1.82, 2.24) is 0 Å². The Kier molecular flexibility index (Phi) is 4.99. The van der Waals surface area contributed by atoms with Gasteiger partial charge in [-0.15, -0.1) is 0 Å². The fourth-order valence-electron chi connectivity index (χ4n) is 1.52. The number of hydrogen-bond acceptors (Lipinski definition) is 3. The number of para-hydroxylation sites is 1. The third-order valence-corrected chi connectivity index (χ3v) is 8.24. The molecule has 0 heterocycles. The van der Waals surface area contributed by atoms with Gasteiger partial charge in [-0.05, 0) is 29.8 Å². The maximum absolute atomic E-state index is 10.9. The van der Waals surface area contributed by atoms with Gasteiger partial charge >= 0.3 is 5.97 Å². The molecule has 0 saturated heterocycles. The van der Waals surface area contributed by atoms with E-state index in [4.69, 9.17) is 15.3 Å². The molecule has 20 heavy (non-hydrogen) atoms. The third-order valence-electron chi connectivity index (χ3n) is 3.90. The predicted molar refractivity (Wildman–Crippen MR) is 83.6 cm³/mol. The molecule has 0 aromatic heterocycles. The number of carboxylic acid groups (broad SMARTS) is 1. The fourth-order valence-corrected chi connectivity index (χ4v) is 2.58. The maximum Gasteiger partial charge on any atom is 0.320 e. The van der Waals surface area contributed by atoms with Crippen molar-refractivity contribution in [2.45, 2.75) is 51.4 Å². The molecule has 1 unspecified atom stereocenters. The van der Waals surface area contributed by atoms with Gasteiger partial charge in [0.05, 0.1) is 0 Å². The van der Waals surface area contributed by atoms with Gasteiger partial charge in [-0.2, -0.15) is 0 Å². The van der Waals surface area contributed by atoms with Crippen LogP contribution in [0.3, 0.4) is 0 Å². The molecule has 1 aromatic rings. The van der Waals surface area contributed by atoms with Gasteiger partial charge in [-0.1, -0.05) is 39.0 Å². The lowest BCUT2D eigenvalue weighted by molar-refractivity contribution is -0.138. The normalized spacial score (nSPS) is 13.9. The molecule has 4 nitrogen and oxygen atoms in total. The molecule has 1 atom stereocenters. The lowest BCUT2D eigenvalue weighted by Gasteiger charge is -2.37. The second kappa shape index (κ2) is 5.97. The predicted octanol–water partition coefficient (Wildman–Crippen LogP) is 3.03. The molecule has 0 radical (unpaired) electrons. The van der Waals surface area contributed by atoms with Crippen LogP contribution in [0.5, 0.6) is 5.75 Å². The van der Waals surface area contributed by atoms with Crippen LogP contribution in [0, 0.1) is 0 Å². The van der Waals surface area contributed by atoms with Gasteiger partial charge in [-0.3, -0.25) is 4.79 Å². The minimum Gasteiger partial charge on any atom is -0.543 e. The zero-order chi connectivity index (χ0) is 15.6. The topological polar surface area (TPSA) is 72.5 Å². The zero-order valence-corrected chi connectivity index (χ0v) is 13.9. The van der Waals surface area contributed by atoms with Gasteiger partial charge in [0.25, 0.3) is 0 Å². The van der Waals surface area contributed by atoms with Crippen LogP contribution in [0.15, 0.2) is 24.3 Å². The highest BCUT2D eigenvalue weighted by Crippen LogP contribution is 2.38. The van der Waals surface area contributed by atoms with Crippen molar-refractivity contribution < 1.29 is 14.3 Å². The highest BCUT2D eigenvalue weighted by molar-refractivity contribution is 6.74. The van der Waals surface area contributed by atoms with E-state index in [2.05, 4.69) is 33.9 Å². The first-order valence-electron chi connectivity index (χ1n) is 6.80. The molecule has 0 amide bonds. The quantitative estimate of drug-likeness (QED) is 0.819. The highest BCUT2D eigenvalue weighted by Gasteiger charge is 2.39. The van der Waals surface area contributed by atoms with Crippen LogP contribution in [-0.4, -0.2) is 25.4 Å². The summed E-state index contributed by atoms with van der Waals surface area (Å²) < 4.78 is 6.27. The monoisotopic (exact) mass is 295 g/mol. The first kappa shape index (κ1) is 16.7. The van der Waals surface area contributed by atoms with Gasteiger partial charge in [0.1, 0.15) is 11.8 Å². The minimum atomic E-state index is -1.94. The Morgan fingerprint density at radius 3 is 2.40 bits per heavy atom. The van der Waals surface area contributed by atoms with E-state index in [0.717, 1.165) is 11.3 Å². The van der Waals surface area contributed by atoms with Crippen LogP contribution < -0.4 is 10.2 Å². The average Bonchev–Trinajstić information content (AvgIpc) is 2.29. The lowest BCUT2D eigenvalue weighted by Crippen LogP contribution is -2.44. The number of nitrogens with two attached hydrogens (primary N) is 1. The molecule has 5 heteroatoms. The van der Waals surface area contributed by atoms with Crippen molar-refractivity contribution in [1.29, 1.82) is 0 Å². The molecule has 1 aromatic carbocycles. The van der Waals surface area contributed by atoms with Gasteiger partial charge in [0, 0.05) is 6.42 Å². The first-order valence-corrected chi connectivity index (χ1v) is 9.71. The van der Waals surface area contributed by atoms with Gasteiger partial charge in [-0.25, -0.2) is 0 Å². The van der Waals surface area contributed by atoms with E-state index in [-0.39, 0.29) is 11.5 Å². The third kappa shape index (κ3) is 4.08. The minimum absolute atomic E-state index is 0.0923. The molecule has 0 bridgehead atoms. The van der Waals surface area contributed by atoms with E-state index >= 15 is 0 Å². The number of benzene rings is 1. The summed E-state index contributed by atoms with van der Waals surface area (Å²) in [6.45, 7) is 10.8. The average molecular weight is 295 g/mol. The Morgan fingerprint density at radius 2 is 1.90 bits per heavy atom. The van der Waals surface area contributed by atoms with E-state index in [1.807, 2.05) is 24.3 Å². The van der Waals surface area contributed by atoms with Crippen molar-refractivity contribution in [2.75, 3.05) is 0 Å². The SMILES string of the molecule is CC(C)(C)[Si](C)(C)Oc1ccccc1CC(N)C(=O)O. The van der Waals surface area contributed by atoms with Crippen LogP contribution >= 0.6 is 0 Å². The van der Waals surface area contributed by atoms with Crippen LogP contribution in [0.1, 0.15) is 26.3 Å². The van der Waals surface area contributed by atoms with Crippen molar-refractivity contribution >= 4 is 14.3 Å². The van der Waals surface area contributed by atoms with Gasteiger partial charge < -0.3 is 15.3 Å². The number of carbonyl (C=O) groups is 1. The van der Waals surface area contributed by atoms with Crippen LogP contribution in [-0.2, 0) is 11.2 Å². The molecule has 112 valence electrons. The Morgan fingerprint density at radius 1 is 1.35 bits per heavy atom. The van der Waals surface area contributed by atoms with E-state index in [0.29, 0.717) is 0 Å². The number of carboxylic acids is 1. The van der Waals surface area contributed by atoms with Gasteiger partial charge in [0.15, 0.2) is 0 Å². The van der Waals surface area contributed by atoms with Crippen molar-refractivity contribution in [3.8, 4) is 5.75 Å². The highest BCUT2D eigenvalue weighted by atomic mass is 28.4. The van der Waals surface area contributed by atoms with E-state index in [1.54, 1.807) is 0 Å². The largest absolute Gasteiger partial charge is 0.543 e. The molecule has 0 spiro atoms. The smallest absolute Gasteiger partial charge is 0.320 e. The zero-order valence-electron chi connectivity index (χ0n) is 12.9. The number of aliphatic carboxylic acids is 1. The Hall–Kier alpha value is -1.33. The van der Waals surface area contributed by atoms with Crippen molar-refractivity contribution in [3.05, 3.63) is 29.8 Å². The van der Waals surface area contributed by atoms with Crippen molar-refractivity contribution in [3.63, 3.8) is 0 Å². The second-order valence-corrected chi connectivity index (χ2v) is 11.3. The van der Waals surface area contributed by atoms with Crippen LogP contribution in [0.4, 0.5) is 0 Å². The Labute approximate surface area is 122 Å². The summed E-state index contributed by atoms with van der Waals surface area (Å²) >= 11 is 0. The van der Waals surface area contributed by atoms with Gasteiger partial charge in [0.2, 0.25) is 8.32 Å². The van der Waals surface area contributed by atoms with Crippen LogP contribution in [0.25, 0.3) is 0 Å². The maximum atomic E-state index is 10.9. The Bertz CT molecular complexity index is 480. The molecule has 0 fully saturated rings. The summed E-state index contributed by atoms with van der Waals surface area (Å²) in [7, 11) is -1.94. The summed E-state index contributed by atoms with van der Waals surface area (Å²) in [5, 5.41) is 9.03. The van der Waals surface area contributed by atoms with E-state index in [1.165, 1.54) is 0 Å². The lowest BCUT2D eigenvalue weighted by atomic mass is 10.1. The van der Waals surface area contributed by atoms with Crippen LogP contribution in [0.2, 0.25) is 18.1 Å².